The molecule has 2 aliphatic rings. The summed E-state index contributed by atoms with van der Waals surface area (Å²) in [6, 6.07) is 4.28. The summed E-state index contributed by atoms with van der Waals surface area (Å²) in [6.45, 7) is 5.37. The monoisotopic (exact) mass is 353 g/mol. The lowest BCUT2D eigenvalue weighted by molar-refractivity contribution is -0.121. The second-order valence-electron chi connectivity index (χ2n) is 6.89. The van der Waals surface area contributed by atoms with E-state index in [0.717, 1.165) is 51.5 Å². The molecular formula is C18H25ClFN3O. The summed E-state index contributed by atoms with van der Waals surface area (Å²) in [6.07, 6.45) is 4.27. The van der Waals surface area contributed by atoms with Crippen LogP contribution < -0.4 is 10.6 Å². The number of nitrogens with one attached hydrogen (secondary N) is 2. The van der Waals surface area contributed by atoms with Crippen LogP contribution in [0.4, 0.5) is 10.1 Å². The number of nitrogens with zero attached hydrogens (tertiary/aromatic N) is 1. The van der Waals surface area contributed by atoms with Crippen molar-refractivity contribution >= 4 is 23.2 Å². The van der Waals surface area contributed by atoms with Gasteiger partial charge in [-0.3, -0.25) is 4.79 Å². The van der Waals surface area contributed by atoms with E-state index in [0.29, 0.717) is 5.69 Å². The highest BCUT2D eigenvalue weighted by Crippen LogP contribution is 2.24. The van der Waals surface area contributed by atoms with Crippen molar-refractivity contribution in [3.63, 3.8) is 0 Å². The number of halogens is 2. The first kappa shape index (κ1) is 17.6. The third-order valence-corrected chi connectivity index (χ3v) is 5.41. The molecule has 2 fully saturated rings. The lowest BCUT2D eigenvalue weighted by Gasteiger charge is -2.35. The van der Waals surface area contributed by atoms with Gasteiger partial charge in [-0.2, -0.15) is 0 Å². The van der Waals surface area contributed by atoms with Crippen LogP contribution in [0.5, 0.6) is 0 Å². The molecule has 0 atom stereocenters. The summed E-state index contributed by atoms with van der Waals surface area (Å²) < 4.78 is 13.2. The number of likely N-dealkylation sites (tertiary alicyclic amines) is 1. The van der Waals surface area contributed by atoms with Crippen LogP contribution in [0, 0.1) is 17.7 Å². The van der Waals surface area contributed by atoms with E-state index in [1.54, 1.807) is 6.07 Å². The SMILES string of the molecule is O=C(Nc1ccc(F)c(Cl)c1)C1CCN(CC2CCNCC2)CC1. The van der Waals surface area contributed by atoms with Gasteiger partial charge in [0.2, 0.25) is 5.91 Å². The molecule has 1 amide bonds. The summed E-state index contributed by atoms with van der Waals surface area (Å²) in [5, 5.41) is 6.29. The highest BCUT2D eigenvalue weighted by molar-refractivity contribution is 6.31. The number of carbonyl (C=O) groups is 1. The van der Waals surface area contributed by atoms with Gasteiger partial charge in [0.15, 0.2) is 0 Å². The Kier molecular flexibility index (Phi) is 6.09. The highest BCUT2D eigenvalue weighted by Gasteiger charge is 2.26. The first-order valence-corrected chi connectivity index (χ1v) is 9.18. The molecule has 3 rings (SSSR count). The number of benzene rings is 1. The van der Waals surface area contributed by atoms with Gasteiger partial charge in [-0.1, -0.05) is 11.6 Å². The van der Waals surface area contributed by atoms with Gasteiger partial charge in [-0.15, -0.1) is 0 Å². The fourth-order valence-electron chi connectivity index (χ4n) is 3.63. The maximum absolute atomic E-state index is 13.2. The van der Waals surface area contributed by atoms with E-state index < -0.39 is 5.82 Å². The third kappa shape index (κ3) is 4.68. The Labute approximate surface area is 147 Å². The number of carbonyl (C=O) groups excluding carboxylic acids is 1. The van der Waals surface area contributed by atoms with Gasteiger partial charge < -0.3 is 15.5 Å². The smallest absolute Gasteiger partial charge is 0.227 e. The predicted octanol–water partition coefficient (Wildman–Crippen LogP) is 3.13. The van der Waals surface area contributed by atoms with Crippen LogP contribution in [-0.4, -0.2) is 43.5 Å². The standard InChI is InChI=1S/C18H25ClFN3O/c19-16-11-15(1-2-17(16)20)22-18(24)14-5-9-23(10-6-14)12-13-3-7-21-8-4-13/h1-2,11,13-14,21H,3-10,12H2,(H,22,24). The Morgan fingerprint density at radius 1 is 1.25 bits per heavy atom. The quantitative estimate of drug-likeness (QED) is 0.874. The molecule has 0 bridgehead atoms. The molecule has 24 heavy (non-hydrogen) atoms. The van der Waals surface area contributed by atoms with E-state index in [-0.39, 0.29) is 16.8 Å². The second kappa shape index (κ2) is 8.28. The molecule has 2 N–H and O–H groups in total. The van der Waals surface area contributed by atoms with Crippen molar-refractivity contribution < 1.29 is 9.18 Å². The van der Waals surface area contributed by atoms with Crippen LogP contribution in [0.3, 0.4) is 0 Å². The van der Waals surface area contributed by atoms with Gasteiger partial charge in [0.25, 0.3) is 0 Å². The summed E-state index contributed by atoms with van der Waals surface area (Å²) in [5.74, 6) is 0.358. The fraction of sp³-hybridized carbons (Fsp3) is 0.611. The minimum atomic E-state index is -0.471. The Balaban J connectivity index is 1.45. The van der Waals surface area contributed by atoms with Gasteiger partial charge >= 0.3 is 0 Å². The molecule has 2 heterocycles. The molecule has 0 saturated carbocycles. The van der Waals surface area contributed by atoms with E-state index >= 15 is 0 Å². The molecule has 1 aromatic rings. The zero-order valence-corrected chi connectivity index (χ0v) is 14.6. The molecule has 4 nitrogen and oxygen atoms in total. The lowest BCUT2D eigenvalue weighted by Crippen LogP contribution is -2.42. The van der Waals surface area contributed by atoms with E-state index in [1.165, 1.54) is 25.0 Å². The number of piperidine rings is 2. The Bertz CT molecular complexity index is 569. The molecule has 0 aromatic heterocycles. The molecule has 0 unspecified atom stereocenters. The van der Waals surface area contributed by atoms with E-state index in [1.807, 2.05) is 0 Å². The van der Waals surface area contributed by atoms with Gasteiger partial charge in [-0.05, 0) is 76.0 Å². The molecule has 132 valence electrons. The van der Waals surface area contributed by atoms with Gasteiger partial charge in [0.05, 0.1) is 5.02 Å². The van der Waals surface area contributed by atoms with E-state index in [2.05, 4.69) is 15.5 Å². The zero-order valence-electron chi connectivity index (χ0n) is 13.9. The Morgan fingerprint density at radius 2 is 1.96 bits per heavy atom. The summed E-state index contributed by atoms with van der Waals surface area (Å²) in [5.41, 5.74) is 0.559. The van der Waals surface area contributed by atoms with Crippen LogP contribution in [0.15, 0.2) is 18.2 Å². The van der Waals surface area contributed by atoms with Crippen molar-refractivity contribution in [2.75, 3.05) is 38.0 Å². The topological polar surface area (TPSA) is 44.4 Å². The van der Waals surface area contributed by atoms with E-state index in [4.69, 9.17) is 11.6 Å². The Morgan fingerprint density at radius 3 is 2.62 bits per heavy atom. The first-order valence-electron chi connectivity index (χ1n) is 8.81. The normalized spacial score (nSPS) is 20.9. The summed E-state index contributed by atoms with van der Waals surface area (Å²) >= 11 is 5.76. The maximum atomic E-state index is 13.2. The van der Waals surface area contributed by atoms with Crippen molar-refractivity contribution in [2.45, 2.75) is 25.7 Å². The molecule has 0 aliphatic carbocycles. The number of rotatable bonds is 4. The van der Waals surface area contributed by atoms with E-state index in [9.17, 15) is 9.18 Å². The average Bonchev–Trinajstić information content (AvgIpc) is 2.60. The zero-order chi connectivity index (χ0) is 16.9. The van der Waals surface area contributed by atoms with Crippen molar-refractivity contribution in [1.29, 1.82) is 0 Å². The lowest BCUT2D eigenvalue weighted by atomic mass is 9.93. The van der Waals surface area contributed by atoms with Gasteiger partial charge in [0.1, 0.15) is 5.82 Å². The number of amides is 1. The first-order chi connectivity index (χ1) is 11.6. The largest absolute Gasteiger partial charge is 0.326 e. The summed E-state index contributed by atoms with van der Waals surface area (Å²) in [7, 11) is 0. The van der Waals surface area contributed by atoms with Crippen LogP contribution >= 0.6 is 11.6 Å². The Hall–Kier alpha value is -1.17. The van der Waals surface area contributed by atoms with Crippen LogP contribution in [0.25, 0.3) is 0 Å². The van der Waals surface area contributed by atoms with Crippen molar-refractivity contribution in [1.82, 2.24) is 10.2 Å². The van der Waals surface area contributed by atoms with Crippen molar-refractivity contribution in [3.8, 4) is 0 Å². The minimum Gasteiger partial charge on any atom is -0.326 e. The number of anilines is 1. The highest BCUT2D eigenvalue weighted by atomic mass is 35.5. The molecule has 1 aromatic carbocycles. The number of hydrogen-bond acceptors (Lipinski definition) is 3. The maximum Gasteiger partial charge on any atom is 0.227 e. The van der Waals surface area contributed by atoms with Crippen LogP contribution in [0.1, 0.15) is 25.7 Å². The second-order valence-corrected chi connectivity index (χ2v) is 7.29. The predicted molar refractivity (Wildman–Crippen MR) is 94.8 cm³/mol. The molecular weight excluding hydrogens is 329 g/mol. The van der Waals surface area contributed by atoms with Crippen LogP contribution in [-0.2, 0) is 4.79 Å². The van der Waals surface area contributed by atoms with Crippen molar-refractivity contribution in [2.24, 2.45) is 11.8 Å². The molecule has 2 aliphatic heterocycles. The summed E-state index contributed by atoms with van der Waals surface area (Å²) in [4.78, 5) is 14.9. The van der Waals surface area contributed by atoms with Gasteiger partial charge in [0, 0.05) is 18.2 Å². The fourth-order valence-corrected chi connectivity index (χ4v) is 3.81. The third-order valence-electron chi connectivity index (χ3n) is 5.12. The van der Waals surface area contributed by atoms with Crippen LogP contribution in [0.2, 0.25) is 5.02 Å². The number of hydrogen-bond donors (Lipinski definition) is 2. The molecule has 2 saturated heterocycles. The average molecular weight is 354 g/mol. The molecule has 6 heteroatoms. The van der Waals surface area contributed by atoms with Crippen molar-refractivity contribution in [3.05, 3.63) is 29.0 Å². The minimum absolute atomic E-state index is 0.0131. The molecule has 0 radical (unpaired) electrons. The molecule has 0 spiro atoms. The van der Waals surface area contributed by atoms with Gasteiger partial charge in [-0.25, -0.2) is 4.39 Å².